The van der Waals surface area contributed by atoms with Crippen molar-refractivity contribution in [3.63, 3.8) is 0 Å². The molecule has 2 aromatic rings. The quantitative estimate of drug-likeness (QED) is 0.527. The van der Waals surface area contributed by atoms with E-state index in [0.717, 1.165) is 25.9 Å². The molecular weight excluding hydrogens is 377 g/mol. The minimum atomic E-state index is -0.364. The Morgan fingerprint density at radius 1 is 1.29 bits per heavy atom. The lowest BCUT2D eigenvalue weighted by Gasteiger charge is -2.29. The average Bonchev–Trinajstić information content (AvgIpc) is 3.15. The number of allylic oxidation sites excluding steroid dienone is 1. The van der Waals surface area contributed by atoms with Gasteiger partial charge in [-0.25, -0.2) is 9.37 Å². The molecule has 1 amide bonds. The Morgan fingerprint density at radius 3 is 2.68 bits per heavy atom. The molecule has 0 radical (unpaired) electrons. The number of thiazole rings is 1. The minimum Gasteiger partial charge on any atom is -0.369 e. The Balaban J connectivity index is 1.70. The van der Waals surface area contributed by atoms with Crippen LogP contribution in [0.1, 0.15) is 49.2 Å². The van der Waals surface area contributed by atoms with Crippen LogP contribution in [0.15, 0.2) is 29.7 Å². The average molecular weight is 402 g/mol. The van der Waals surface area contributed by atoms with E-state index in [4.69, 9.17) is 0 Å². The molecule has 0 aliphatic carbocycles. The Bertz CT molecular complexity index is 888. The number of aromatic nitrogens is 1. The van der Waals surface area contributed by atoms with Gasteiger partial charge in [0.25, 0.3) is 0 Å². The highest BCUT2D eigenvalue weighted by Gasteiger charge is 2.16. The van der Waals surface area contributed by atoms with Gasteiger partial charge in [-0.1, -0.05) is 0 Å². The van der Waals surface area contributed by atoms with Crippen LogP contribution in [0.3, 0.4) is 0 Å². The molecule has 0 atom stereocenters. The third kappa shape index (κ3) is 4.65. The van der Waals surface area contributed by atoms with Crippen molar-refractivity contribution in [2.24, 2.45) is 0 Å². The van der Waals surface area contributed by atoms with E-state index >= 15 is 0 Å². The van der Waals surface area contributed by atoms with Gasteiger partial charge in [0, 0.05) is 37.5 Å². The molecule has 1 saturated heterocycles. The third-order valence-corrected chi connectivity index (χ3v) is 5.65. The van der Waals surface area contributed by atoms with Gasteiger partial charge in [-0.3, -0.25) is 14.5 Å². The smallest absolute Gasteiger partial charge is 0.225 e. The number of carbonyl (C=O) groups is 2. The summed E-state index contributed by atoms with van der Waals surface area (Å²) in [5.41, 5.74) is 1.47. The molecule has 1 aromatic heterocycles. The number of nitrogens with zero attached hydrogens (tertiary/aromatic N) is 3. The van der Waals surface area contributed by atoms with Crippen molar-refractivity contribution < 1.29 is 14.0 Å². The second-order valence-corrected chi connectivity index (χ2v) is 7.57. The van der Waals surface area contributed by atoms with Crippen molar-refractivity contribution >= 4 is 39.9 Å². The number of benzene rings is 1. The van der Waals surface area contributed by atoms with Crippen LogP contribution in [-0.2, 0) is 4.79 Å². The summed E-state index contributed by atoms with van der Waals surface area (Å²) in [6, 6.07) is 4.66. The first-order valence-corrected chi connectivity index (χ1v) is 10.4. The zero-order valence-electron chi connectivity index (χ0n) is 16.2. The van der Waals surface area contributed by atoms with Gasteiger partial charge in [0.05, 0.1) is 11.4 Å². The van der Waals surface area contributed by atoms with Crippen LogP contribution in [0.4, 0.5) is 15.2 Å². The highest BCUT2D eigenvalue weighted by Crippen LogP contribution is 2.25. The summed E-state index contributed by atoms with van der Waals surface area (Å²) in [6.07, 6.45) is 6.29. The van der Waals surface area contributed by atoms with Gasteiger partial charge >= 0.3 is 0 Å². The molecule has 7 heteroatoms. The van der Waals surface area contributed by atoms with Gasteiger partial charge in [-0.2, -0.15) is 0 Å². The van der Waals surface area contributed by atoms with Crippen molar-refractivity contribution in [3.8, 4) is 0 Å². The van der Waals surface area contributed by atoms with Crippen molar-refractivity contribution in [2.75, 3.05) is 29.4 Å². The van der Waals surface area contributed by atoms with Crippen LogP contribution in [-0.4, -0.2) is 36.3 Å². The number of halogens is 1. The molecule has 1 fully saturated rings. The van der Waals surface area contributed by atoms with Crippen LogP contribution in [0.2, 0.25) is 0 Å². The second-order valence-electron chi connectivity index (χ2n) is 6.73. The largest absolute Gasteiger partial charge is 0.369 e. The fraction of sp³-hybridized carbons (Fsp3) is 0.381. The first-order valence-electron chi connectivity index (χ1n) is 9.50. The van der Waals surface area contributed by atoms with Crippen LogP contribution in [0.25, 0.3) is 6.08 Å². The zero-order chi connectivity index (χ0) is 20.1. The number of carbonyl (C=O) groups excluding carboxylic acids is 2. The van der Waals surface area contributed by atoms with Crippen molar-refractivity contribution in [2.45, 2.75) is 33.1 Å². The predicted octanol–water partition coefficient (Wildman–Crippen LogP) is 4.54. The van der Waals surface area contributed by atoms with Gasteiger partial charge in [0.15, 0.2) is 10.9 Å². The zero-order valence-corrected chi connectivity index (χ0v) is 17.0. The van der Waals surface area contributed by atoms with Crippen LogP contribution < -0.4 is 9.80 Å². The number of piperidine rings is 1. The summed E-state index contributed by atoms with van der Waals surface area (Å²) in [6.45, 7) is 5.61. The lowest BCUT2D eigenvalue weighted by Crippen LogP contribution is -2.30. The summed E-state index contributed by atoms with van der Waals surface area (Å²) in [4.78, 5) is 32.0. The van der Waals surface area contributed by atoms with Crippen LogP contribution in [0, 0.1) is 5.82 Å². The second kappa shape index (κ2) is 9.10. The van der Waals surface area contributed by atoms with Gasteiger partial charge in [0.2, 0.25) is 5.91 Å². The molecule has 0 N–H and O–H groups in total. The van der Waals surface area contributed by atoms with E-state index in [2.05, 4.69) is 4.98 Å². The molecule has 1 aromatic carbocycles. The van der Waals surface area contributed by atoms with Crippen LogP contribution >= 0.6 is 11.3 Å². The van der Waals surface area contributed by atoms with E-state index in [9.17, 15) is 14.0 Å². The van der Waals surface area contributed by atoms with Crippen molar-refractivity contribution in [1.29, 1.82) is 0 Å². The molecule has 2 heterocycles. The number of hydrogen-bond donors (Lipinski definition) is 0. The van der Waals surface area contributed by atoms with E-state index in [1.165, 1.54) is 36.8 Å². The van der Waals surface area contributed by atoms with E-state index in [-0.39, 0.29) is 17.5 Å². The van der Waals surface area contributed by atoms with Gasteiger partial charge in [-0.15, -0.1) is 11.3 Å². The Morgan fingerprint density at radius 2 is 2.04 bits per heavy atom. The van der Waals surface area contributed by atoms with E-state index in [1.807, 2.05) is 11.8 Å². The maximum Gasteiger partial charge on any atom is 0.225 e. The maximum atomic E-state index is 14.5. The van der Waals surface area contributed by atoms with Crippen LogP contribution in [0.5, 0.6) is 0 Å². The first kappa shape index (κ1) is 20.2. The first-order chi connectivity index (χ1) is 13.5. The molecule has 3 rings (SSSR count). The van der Waals surface area contributed by atoms with Crippen molar-refractivity contribution in [3.05, 3.63) is 46.7 Å². The Labute approximate surface area is 168 Å². The molecule has 1 aliphatic rings. The predicted molar refractivity (Wildman–Crippen MR) is 112 cm³/mol. The third-order valence-electron chi connectivity index (χ3n) is 4.77. The lowest BCUT2D eigenvalue weighted by molar-refractivity contribution is -0.116. The highest BCUT2D eigenvalue weighted by atomic mass is 32.1. The summed E-state index contributed by atoms with van der Waals surface area (Å²) in [5, 5.41) is 2.38. The minimum absolute atomic E-state index is 0.0762. The molecule has 0 unspecified atom stereocenters. The Hall–Kier alpha value is -2.54. The molecule has 1 aliphatic heterocycles. The number of ketones is 1. The summed E-state index contributed by atoms with van der Waals surface area (Å²) >= 11 is 1.34. The van der Waals surface area contributed by atoms with Gasteiger partial charge < -0.3 is 4.90 Å². The Kier molecular flexibility index (Phi) is 6.57. The topological polar surface area (TPSA) is 53.5 Å². The molecule has 0 saturated carbocycles. The fourth-order valence-electron chi connectivity index (χ4n) is 3.28. The molecule has 0 spiro atoms. The number of anilines is 2. The molecule has 5 nitrogen and oxygen atoms in total. The fourth-order valence-corrected chi connectivity index (χ4v) is 4.18. The molecular formula is C21H24FN3O2S. The summed E-state index contributed by atoms with van der Waals surface area (Å²) < 4.78 is 14.5. The number of hydrogen-bond acceptors (Lipinski definition) is 5. The van der Waals surface area contributed by atoms with Gasteiger partial charge in [0.1, 0.15) is 5.82 Å². The van der Waals surface area contributed by atoms with Gasteiger partial charge in [-0.05, 0) is 56.5 Å². The van der Waals surface area contributed by atoms with E-state index in [0.29, 0.717) is 28.6 Å². The molecule has 28 heavy (non-hydrogen) atoms. The van der Waals surface area contributed by atoms with E-state index in [1.54, 1.807) is 28.5 Å². The highest BCUT2D eigenvalue weighted by molar-refractivity contribution is 7.14. The normalized spacial score (nSPS) is 14.5. The standard InChI is InChI=1S/C21H24FN3O2S/c1-3-25(15(2)26)21-23-17(14-28-21)8-10-20(27)16-7-9-19(18(22)13-16)24-11-5-4-6-12-24/h7-10,13-14H,3-6,11-12H2,1-2H3/b10-8+. The monoisotopic (exact) mass is 401 g/mol. The molecule has 0 bridgehead atoms. The SMILES string of the molecule is CCN(C(C)=O)c1nc(/C=C/C(=O)c2ccc(N3CCCCC3)c(F)c2)cs1. The number of amides is 1. The lowest BCUT2D eigenvalue weighted by atomic mass is 10.1. The summed E-state index contributed by atoms with van der Waals surface area (Å²) in [5.74, 6) is -0.720. The van der Waals surface area contributed by atoms with Crippen molar-refractivity contribution in [1.82, 2.24) is 4.98 Å². The summed E-state index contributed by atoms with van der Waals surface area (Å²) in [7, 11) is 0. The van der Waals surface area contributed by atoms with E-state index < -0.39 is 0 Å². The molecule has 148 valence electrons. The maximum absolute atomic E-state index is 14.5. The number of rotatable bonds is 6.